The highest BCUT2D eigenvalue weighted by molar-refractivity contribution is 4.89. The third-order valence-corrected chi connectivity index (χ3v) is 4.47. The largest absolute Gasteiger partial charge is 0.391 e. The first-order valence-electron chi connectivity index (χ1n) is 6.70. The summed E-state index contributed by atoms with van der Waals surface area (Å²) in [5.74, 6) is 0.804. The van der Waals surface area contributed by atoms with E-state index in [-0.39, 0.29) is 6.10 Å². The molecular weight excluding hydrogens is 202 g/mol. The number of hydrogen-bond donors (Lipinski definition) is 1. The van der Waals surface area contributed by atoms with Crippen LogP contribution in [-0.4, -0.2) is 48.5 Å². The number of hydrogen-bond acceptors (Lipinski definition) is 3. The van der Waals surface area contributed by atoms with Gasteiger partial charge < -0.3 is 9.84 Å². The number of likely N-dealkylation sites (N-methyl/N-ethyl adjacent to an activating group) is 1. The lowest BCUT2D eigenvalue weighted by Crippen LogP contribution is -2.50. The van der Waals surface area contributed by atoms with Gasteiger partial charge in [-0.2, -0.15) is 0 Å². The van der Waals surface area contributed by atoms with Crippen LogP contribution >= 0.6 is 0 Å². The van der Waals surface area contributed by atoms with Crippen molar-refractivity contribution in [3.05, 3.63) is 0 Å². The molecular formula is C13H25NO2. The normalized spacial score (nSPS) is 40.5. The Balaban J connectivity index is 1.94. The van der Waals surface area contributed by atoms with Crippen molar-refractivity contribution in [3.63, 3.8) is 0 Å². The van der Waals surface area contributed by atoms with E-state index in [1.165, 1.54) is 12.8 Å². The van der Waals surface area contributed by atoms with E-state index in [9.17, 15) is 5.11 Å². The molecule has 2 aliphatic rings. The van der Waals surface area contributed by atoms with Gasteiger partial charge in [0, 0.05) is 18.7 Å². The summed E-state index contributed by atoms with van der Waals surface area (Å²) in [5.41, 5.74) is 0. The van der Waals surface area contributed by atoms with E-state index < -0.39 is 0 Å². The first-order chi connectivity index (χ1) is 7.72. The number of aliphatic hydroxyl groups excluding tert-OH is 1. The molecule has 1 N–H and O–H groups in total. The average molecular weight is 227 g/mol. The van der Waals surface area contributed by atoms with E-state index in [1.54, 1.807) is 0 Å². The van der Waals surface area contributed by atoms with Gasteiger partial charge in [-0.1, -0.05) is 13.3 Å². The average Bonchev–Trinajstić information content (AvgIpc) is 2.82. The van der Waals surface area contributed by atoms with Gasteiger partial charge in [0.2, 0.25) is 0 Å². The smallest absolute Gasteiger partial charge is 0.0695 e. The molecule has 1 saturated heterocycles. The van der Waals surface area contributed by atoms with Crippen LogP contribution in [0.5, 0.6) is 0 Å². The molecule has 4 unspecified atom stereocenters. The fraction of sp³-hybridized carbons (Fsp3) is 1.00. The van der Waals surface area contributed by atoms with E-state index in [1.807, 2.05) is 0 Å². The maximum atomic E-state index is 10.1. The number of ether oxygens (including phenoxy) is 1. The molecule has 1 aliphatic heterocycles. The molecule has 0 aromatic carbocycles. The van der Waals surface area contributed by atoms with Crippen molar-refractivity contribution in [2.24, 2.45) is 5.92 Å². The van der Waals surface area contributed by atoms with E-state index >= 15 is 0 Å². The minimum Gasteiger partial charge on any atom is -0.391 e. The van der Waals surface area contributed by atoms with Crippen molar-refractivity contribution in [1.29, 1.82) is 0 Å². The molecule has 0 radical (unpaired) electrons. The molecule has 2 rings (SSSR count). The Bertz CT molecular complexity index is 216. The van der Waals surface area contributed by atoms with Crippen LogP contribution in [0, 0.1) is 5.92 Å². The number of aliphatic hydroxyl groups is 1. The second kappa shape index (κ2) is 5.48. The Morgan fingerprint density at radius 1 is 1.31 bits per heavy atom. The zero-order valence-electron chi connectivity index (χ0n) is 10.6. The maximum Gasteiger partial charge on any atom is 0.0695 e. The lowest BCUT2D eigenvalue weighted by molar-refractivity contribution is -0.00556. The molecule has 16 heavy (non-hydrogen) atoms. The third-order valence-electron chi connectivity index (χ3n) is 4.47. The molecule has 0 amide bonds. The highest BCUT2D eigenvalue weighted by Crippen LogP contribution is 2.31. The Labute approximate surface area is 98.8 Å². The Morgan fingerprint density at radius 2 is 2.12 bits per heavy atom. The molecule has 1 aliphatic carbocycles. The zero-order valence-corrected chi connectivity index (χ0v) is 10.6. The molecule has 0 aromatic heterocycles. The van der Waals surface area contributed by atoms with Crippen molar-refractivity contribution in [2.75, 3.05) is 20.3 Å². The van der Waals surface area contributed by atoms with Gasteiger partial charge in [0.25, 0.3) is 0 Å². The minimum atomic E-state index is -0.131. The second-order valence-corrected chi connectivity index (χ2v) is 5.40. The number of nitrogens with zero attached hydrogens (tertiary/aromatic N) is 1. The fourth-order valence-corrected chi connectivity index (χ4v) is 3.14. The molecule has 2 fully saturated rings. The summed E-state index contributed by atoms with van der Waals surface area (Å²) in [7, 11) is 2.16. The molecule has 0 bridgehead atoms. The van der Waals surface area contributed by atoms with Gasteiger partial charge in [-0.3, -0.25) is 4.90 Å². The summed E-state index contributed by atoms with van der Waals surface area (Å²) < 4.78 is 5.43. The fourth-order valence-electron chi connectivity index (χ4n) is 3.14. The lowest BCUT2D eigenvalue weighted by atomic mass is 9.81. The van der Waals surface area contributed by atoms with Crippen molar-refractivity contribution in [3.8, 4) is 0 Å². The standard InChI is InChI=1S/C13H25NO2/c1-3-10-4-5-13(15)12(8-10)14(2)11-6-7-16-9-11/h10-13,15H,3-9H2,1-2H3. The predicted molar refractivity (Wildman–Crippen MR) is 64.4 cm³/mol. The molecule has 94 valence electrons. The summed E-state index contributed by atoms with van der Waals surface area (Å²) in [4.78, 5) is 2.37. The van der Waals surface area contributed by atoms with Gasteiger partial charge in [-0.15, -0.1) is 0 Å². The first-order valence-corrected chi connectivity index (χ1v) is 6.70. The van der Waals surface area contributed by atoms with Crippen LogP contribution in [0.4, 0.5) is 0 Å². The molecule has 3 heteroatoms. The molecule has 3 nitrogen and oxygen atoms in total. The molecule has 4 atom stereocenters. The van der Waals surface area contributed by atoms with E-state index in [4.69, 9.17) is 4.74 Å². The Morgan fingerprint density at radius 3 is 2.75 bits per heavy atom. The van der Waals surface area contributed by atoms with Gasteiger partial charge in [-0.25, -0.2) is 0 Å². The summed E-state index contributed by atoms with van der Waals surface area (Å²) in [6.07, 6.45) is 5.57. The Kier molecular flexibility index (Phi) is 4.22. The quantitative estimate of drug-likeness (QED) is 0.795. The Hall–Kier alpha value is -0.120. The summed E-state index contributed by atoms with van der Waals surface area (Å²) in [6, 6.07) is 0.876. The van der Waals surface area contributed by atoms with Crippen molar-refractivity contribution in [2.45, 2.75) is 57.2 Å². The van der Waals surface area contributed by atoms with E-state index in [2.05, 4.69) is 18.9 Å². The maximum absolute atomic E-state index is 10.1. The summed E-state index contributed by atoms with van der Waals surface area (Å²) >= 11 is 0. The van der Waals surface area contributed by atoms with Crippen LogP contribution in [0.2, 0.25) is 0 Å². The highest BCUT2D eigenvalue weighted by atomic mass is 16.5. The molecule has 1 heterocycles. The van der Waals surface area contributed by atoms with Crippen LogP contribution in [0.3, 0.4) is 0 Å². The minimum absolute atomic E-state index is 0.131. The van der Waals surface area contributed by atoms with Gasteiger partial charge in [0.05, 0.1) is 12.7 Å². The SMILES string of the molecule is CCC1CCC(O)C(N(C)C2CCOC2)C1. The highest BCUT2D eigenvalue weighted by Gasteiger charge is 2.35. The van der Waals surface area contributed by atoms with Crippen molar-refractivity contribution in [1.82, 2.24) is 4.90 Å². The topological polar surface area (TPSA) is 32.7 Å². The van der Waals surface area contributed by atoms with E-state index in [0.717, 1.165) is 38.4 Å². The molecule has 0 spiro atoms. The predicted octanol–water partition coefficient (Wildman–Crippen LogP) is 1.65. The van der Waals surface area contributed by atoms with Gasteiger partial charge in [-0.05, 0) is 38.6 Å². The van der Waals surface area contributed by atoms with Gasteiger partial charge in [0.15, 0.2) is 0 Å². The molecule has 1 saturated carbocycles. The summed E-state index contributed by atoms with van der Waals surface area (Å²) in [5, 5.41) is 10.1. The molecule has 0 aromatic rings. The lowest BCUT2D eigenvalue weighted by Gasteiger charge is -2.41. The van der Waals surface area contributed by atoms with Gasteiger partial charge in [0.1, 0.15) is 0 Å². The first kappa shape index (κ1) is 12.3. The van der Waals surface area contributed by atoms with Gasteiger partial charge >= 0.3 is 0 Å². The third kappa shape index (κ3) is 2.58. The number of rotatable bonds is 3. The van der Waals surface area contributed by atoms with Crippen LogP contribution < -0.4 is 0 Å². The van der Waals surface area contributed by atoms with Crippen LogP contribution in [0.1, 0.15) is 39.0 Å². The van der Waals surface area contributed by atoms with Crippen LogP contribution in [-0.2, 0) is 4.74 Å². The van der Waals surface area contributed by atoms with Crippen LogP contribution in [0.25, 0.3) is 0 Å². The van der Waals surface area contributed by atoms with Crippen LogP contribution in [0.15, 0.2) is 0 Å². The zero-order chi connectivity index (χ0) is 11.5. The van der Waals surface area contributed by atoms with E-state index in [0.29, 0.717) is 12.1 Å². The monoisotopic (exact) mass is 227 g/mol. The summed E-state index contributed by atoms with van der Waals surface area (Å²) in [6.45, 7) is 3.99. The van der Waals surface area contributed by atoms with Crippen molar-refractivity contribution < 1.29 is 9.84 Å². The van der Waals surface area contributed by atoms with Crippen molar-refractivity contribution >= 4 is 0 Å². The second-order valence-electron chi connectivity index (χ2n) is 5.40.